The molecule has 1 unspecified atom stereocenters. The molecule has 0 saturated carbocycles. The van der Waals surface area contributed by atoms with Gasteiger partial charge in [-0.25, -0.2) is 0 Å². The highest BCUT2D eigenvalue weighted by molar-refractivity contribution is 5.25. The van der Waals surface area contributed by atoms with Crippen molar-refractivity contribution in [3.8, 4) is 0 Å². The summed E-state index contributed by atoms with van der Waals surface area (Å²) in [6, 6.07) is 8.51. The van der Waals surface area contributed by atoms with Gasteiger partial charge in [0.2, 0.25) is 0 Å². The van der Waals surface area contributed by atoms with Crippen molar-refractivity contribution in [1.29, 1.82) is 0 Å². The number of aryl methyl sites for hydroxylation is 1. The van der Waals surface area contributed by atoms with Crippen molar-refractivity contribution in [3.63, 3.8) is 0 Å². The number of ether oxygens (including phenoxy) is 1. The van der Waals surface area contributed by atoms with Crippen LogP contribution in [-0.4, -0.2) is 19.3 Å². The zero-order valence-electron chi connectivity index (χ0n) is 9.71. The summed E-state index contributed by atoms with van der Waals surface area (Å²) in [6.45, 7) is 5.03. The summed E-state index contributed by atoms with van der Waals surface area (Å²) in [5, 5.41) is 3.46. The lowest BCUT2D eigenvalue weighted by molar-refractivity contribution is -0.00000447. The van der Waals surface area contributed by atoms with Crippen molar-refractivity contribution >= 4 is 0 Å². The Morgan fingerprint density at radius 3 is 2.88 bits per heavy atom. The Hall–Kier alpha value is -0.570. The first-order chi connectivity index (χ1) is 7.36. The molecule has 2 nitrogen and oxygen atoms in total. The normalized spacial score (nSPS) is 19.4. The lowest BCUT2D eigenvalue weighted by atomic mass is 10.1. The van der Waals surface area contributed by atoms with Crippen LogP contribution in [0.3, 0.4) is 0 Å². The molecule has 1 atom stereocenters. The molecule has 1 aromatic rings. The molecule has 0 spiro atoms. The van der Waals surface area contributed by atoms with Gasteiger partial charge in [-0.05, 0) is 30.9 Å². The van der Waals surface area contributed by atoms with Crippen LogP contribution in [0.25, 0.3) is 0 Å². The fraction of sp³-hybridized carbons (Fsp3) is 0.538. The summed E-state index contributed by atoms with van der Waals surface area (Å²) in [7, 11) is 0. The highest BCUT2D eigenvalue weighted by Gasteiger charge is 2.14. The molecule has 1 aliphatic rings. The van der Waals surface area contributed by atoms with Crippen LogP contribution >= 0.6 is 0 Å². The molecular weight excluding hydrogens is 222 g/mol. The van der Waals surface area contributed by atoms with Crippen LogP contribution < -0.4 is 17.7 Å². The molecule has 0 aliphatic carbocycles. The number of halogens is 1. The highest BCUT2D eigenvalue weighted by atomic mass is 35.5. The van der Waals surface area contributed by atoms with E-state index in [0.29, 0.717) is 6.10 Å². The molecule has 3 heteroatoms. The van der Waals surface area contributed by atoms with E-state index in [2.05, 4.69) is 36.5 Å². The Kier molecular flexibility index (Phi) is 5.81. The van der Waals surface area contributed by atoms with Crippen LogP contribution in [0, 0.1) is 6.92 Å². The van der Waals surface area contributed by atoms with Gasteiger partial charge in [0.1, 0.15) is 0 Å². The first-order valence-electron chi connectivity index (χ1n) is 5.73. The summed E-state index contributed by atoms with van der Waals surface area (Å²) < 4.78 is 5.56. The molecule has 90 valence electrons. The molecule has 1 aliphatic heterocycles. The van der Waals surface area contributed by atoms with Crippen LogP contribution in [-0.2, 0) is 11.3 Å². The number of nitrogens with one attached hydrogen (secondary N) is 1. The minimum atomic E-state index is 0. The average Bonchev–Trinajstić information content (AvgIpc) is 2.74. The van der Waals surface area contributed by atoms with Gasteiger partial charge in [-0.2, -0.15) is 0 Å². The molecule has 0 amide bonds. The Labute approximate surface area is 104 Å². The first kappa shape index (κ1) is 13.5. The van der Waals surface area contributed by atoms with Gasteiger partial charge in [0.25, 0.3) is 0 Å². The van der Waals surface area contributed by atoms with E-state index in [-0.39, 0.29) is 12.4 Å². The molecule has 0 bridgehead atoms. The Morgan fingerprint density at radius 2 is 2.19 bits per heavy atom. The molecule has 1 aromatic carbocycles. The third-order valence-corrected chi connectivity index (χ3v) is 2.97. The molecule has 2 rings (SSSR count). The zero-order valence-corrected chi connectivity index (χ0v) is 10.5. The summed E-state index contributed by atoms with van der Waals surface area (Å²) in [5.74, 6) is 0. The zero-order chi connectivity index (χ0) is 10.5. The van der Waals surface area contributed by atoms with E-state index < -0.39 is 0 Å². The van der Waals surface area contributed by atoms with E-state index in [9.17, 15) is 0 Å². The Morgan fingerprint density at radius 1 is 1.38 bits per heavy atom. The van der Waals surface area contributed by atoms with E-state index in [0.717, 1.165) is 19.7 Å². The van der Waals surface area contributed by atoms with Crippen molar-refractivity contribution in [3.05, 3.63) is 35.4 Å². The van der Waals surface area contributed by atoms with Crippen molar-refractivity contribution in [1.82, 2.24) is 5.32 Å². The molecule has 1 fully saturated rings. The third-order valence-electron chi connectivity index (χ3n) is 2.97. The molecule has 16 heavy (non-hydrogen) atoms. The van der Waals surface area contributed by atoms with Gasteiger partial charge < -0.3 is 22.5 Å². The topological polar surface area (TPSA) is 21.3 Å². The molecule has 1 N–H and O–H groups in total. The summed E-state index contributed by atoms with van der Waals surface area (Å²) in [4.78, 5) is 0. The van der Waals surface area contributed by atoms with Crippen LogP contribution in [0.5, 0.6) is 0 Å². The standard InChI is InChI=1S/C13H19NO.ClH/c1-11-5-2-3-6-12(11)9-14-10-13-7-4-8-15-13;/h2-3,5-6,13-14H,4,7-10H2,1H3;1H/p-1. The maximum atomic E-state index is 5.56. The minimum Gasteiger partial charge on any atom is -1.00 e. The van der Waals surface area contributed by atoms with Crippen molar-refractivity contribution in [2.45, 2.75) is 32.4 Å². The van der Waals surface area contributed by atoms with Crippen molar-refractivity contribution in [2.24, 2.45) is 0 Å². The first-order valence-corrected chi connectivity index (χ1v) is 5.73. The van der Waals surface area contributed by atoms with Crippen LogP contribution in [0.4, 0.5) is 0 Å². The smallest absolute Gasteiger partial charge is 0.0700 e. The average molecular weight is 241 g/mol. The van der Waals surface area contributed by atoms with Crippen LogP contribution in [0.1, 0.15) is 24.0 Å². The summed E-state index contributed by atoms with van der Waals surface area (Å²) in [5.41, 5.74) is 2.74. The van der Waals surface area contributed by atoms with Gasteiger partial charge in [0, 0.05) is 19.7 Å². The molecule has 1 heterocycles. The minimum absolute atomic E-state index is 0. The number of rotatable bonds is 4. The highest BCUT2D eigenvalue weighted by Crippen LogP contribution is 2.11. The number of hydrogen-bond acceptors (Lipinski definition) is 2. The van der Waals surface area contributed by atoms with Gasteiger partial charge in [-0.15, -0.1) is 0 Å². The summed E-state index contributed by atoms with van der Waals surface area (Å²) >= 11 is 0. The van der Waals surface area contributed by atoms with Crippen LogP contribution in [0.2, 0.25) is 0 Å². The predicted molar refractivity (Wildman–Crippen MR) is 61.9 cm³/mol. The van der Waals surface area contributed by atoms with Crippen LogP contribution in [0.15, 0.2) is 24.3 Å². The second-order valence-corrected chi connectivity index (χ2v) is 4.19. The second kappa shape index (κ2) is 6.89. The van der Waals surface area contributed by atoms with Gasteiger partial charge in [-0.1, -0.05) is 24.3 Å². The van der Waals surface area contributed by atoms with E-state index in [4.69, 9.17) is 4.74 Å². The fourth-order valence-electron chi connectivity index (χ4n) is 1.98. The monoisotopic (exact) mass is 240 g/mol. The molecule has 0 aromatic heterocycles. The number of benzene rings is 1. The molecule has 1 saturated heterocycles. The summed E-state index contributed by atoms with van der Waals surface area (Å²) in [6.07, 6.45) is 2.87. The van der Waals surface area contributed by atoms with Crippen molar-refractivity contribution in [2.75, 3.05) is 13.2 Å². The van der Waals surface area contributed by atoms with Gasteiger partial charge in [-0.3, -0.25) is 0 Å². The van der Waals surface area contributed by atoms with E-state index >= 15 is 0 Å². The second-order valence-electron chi connectivity index (χ2n) is 4.19. The SMILES string of the molecule is Cc1ccccc1CNCC1CCCO1.[Cl-]. The fourth-order valence-corrected chi connectivity index (χ4v) is 1.98. The van der Waals surface area contributed by atoms with Gasteiger partial charge in [0.15, 0.2) is 0 Å². The third kappa shape index (κ3) is 3.78. The van der Waals surface area contributed by atoms with Crippen molar-refractivity contribution < 1.29 is 17.1 Å². The van der Waals surface area contributed by atoms with E-state index in [1.54, 1.807) is 0 Å². The number of hydrogen-bond donors (Lipinski definition) is 1. The Balaban J connectivity index is 0.00000128. The molecular formula is C13H19ClNO-. The maximum Gasteiger partial charge on any atom is 0.0700 e. The Bertz CT molecular complexity index is 311. The molecule has 0 radical (unpaired) electrons. The van der Waals surface area contributed by atoms with Gasteiger partial charge in [0.05, 0.1) is 6.10 Å². The quantitative estimate of drug-likeness (QED) is 0.749. The predicted octanol–water partition coefficient (Wildman–Crippen LogP) is -0.732. The lowest BCUT2D eigenvalue weighted by Crippen LogP contribution is -3.00. The van der Waals surface area contributed by atoms with E-state index in [1.165, 1.54) is 24.0 Å². The lowest BCUT2D eigenvalue weighted by Gasteiger charge is -2.11. The van der Waals surface area contributed by atoms with Gasteiger partial charge >= 0.3 is 0 Å². The van der Waals surface area contributed by atoms with E-state index in [1.807, 2.05) is 0 Å². The largest absolute Gasteiger partial charge is 1.00 e. The maximum absolute atomic E-state index is 5.56.